The minimum absolute atomic E-state index is 0. The highest BCUT2D eigenvalue weighted by atomic mass is 35.5. The maximum Gasteiger partial charge on any atom is 0.461 e. The second kappa shape index (κ2) is 9.24. The lowest BCUT2D eigenvalue weighted by molar-refractivity contribution is -0.253. The number of benzene rings is 1. The highest BCUT2D eigenvalue weighted by molar-refractivity contribution is 5.85. The highest BCUT2D eigenvalue weighted by Gasteiger charge is 2.44. The lowest BCUT2D eigenvalue weighted by atomic mass is 9.89. The minimum Gasteiger partial charge on any atom is -0.428 e. The van der Waals surface area contributed by atoms with E-state index in [-0.39, 0.29) is 24.2 Å². The summed E-state index contributed by atoms with van der Waals surface area (Å²) in [6.45, 7) is 3.56. The molecule has 1 atom stereocenters. The number of piperazine rings is 1. The topological polar surface area (TPSA) is 24.5 Å². The van der Waals surface area contributed by atoms with Gasteiger partial charge >= 0.3 is 12.5 Å². The monoisotopic (exact) mass is 396 g/mol. The van der Waals surface area contributed by atoms with Gasteiger partial charge in [-0.25, -0.2) is 0 Å². The predicted octanol–water partition coefficient (Wildman–Crippen LogP) is 4.48. The molecule has 1 aromatic carbocycles. The van der Waals surface area contributed by atoms with Gasteiger partial charge in [-0.3, -0.25) is 4.90 Å². The first-order valence-corrected chi connectivity index (χ1v) is 8.87. The predicted molar refractivity (Wildman–Crippen MR) is 94.4 cm³/mol. The van der Waals surface area contributed by atoms with E-state index in [0.717, 1.165) is 44.6 Å². The largest absolute Gasteiger partial charge is 0.461 e. The van der Waals surface area contributed by atoms with Crippen molar-refractivity contribution in [2.75, 3.05) is 26.2 Å². The van der Waals surface area contributed by atoms with E-state index in [4.69, 9.17) is 0 Å². The number of hydrogen-bond acceptors (Lipinski definition) is 3. The van der Waals surface area contributed by atoms with E-state index in [1.807, 2.05) is 6.07 Å². The second-order valence-electron chi connectivity index (χ2n) is 6.81. The zero-order chi connectivity index (χ0) is 17.9. The average molecular weight is 397 g/mol. The van der Waals surface area contributed by atoms with Gasteiger partial charge in [0.2, 0.25) is 0 Å². The molecule has 3 nitrogen and oxygen atoms in total. The van der Waals surface area contributed by atoms with E-state index in [9.17, 15) is 17.6 Å². The van der Waals surface area contributed by atoms with E-state index in [0.29, 0.717) is 5.92 Å². The van der Waals surface area contributed by atoms with Gasteiger partial charge < -0.3 is 10.1 Å². The van der Waals surface area contributed by atoms with Crippen LogP contribution in [0.5, 0.6) is 5.75 Å². The summed E-state index contributed by atoms with van der Waals surface area (Å²) in [7, 11) is 0. The minimum atomic E-state index is -4.48. The molecule has 1 aliphatic heterocycles. The molecule has 0 aromatic heterocycles. The van der Waals surface area contributed by atoms with Crippen LogP contribution in [0.1, 0.15) is 37.3 Å². The van der Waals surface area contributed by atoms with E-state index in [1.54, 1.807) is 6.07 Å². The molecule has 1 N–H and O–H groups in total. The van der Waals surface area contributed by atoms with Crippen LogP contribution in [0.2, 0.25) is 0 Å². The third-order valence-electron chi connectivity index (χ3n) is 5.10. The molecule has 1 aromatic rings. The maximum absolute atomic E-state index is 13.2. The van der Waals surface area contributed by atoms with Crippen molar-refractivity contribution in [1.29, 1.82) is 0 Å². The molecular weight excluding hydrogens is 372 g/mol. The number of hydrogen-bond donors (Lipinski definition) is 1. The van der Waals surface area contributed by atoms with Crippen LogP contribution in [0.15, 0.2) is 24.3 Å². The summed E-state index contributed by atoms with van der Waals surface area (Å²) in [5.74, 6) is 0.255. The summed E-state index contributed by atoms with van der Waals surface area (Å²) >= 11 is 0. The van der Waals surface area contributed by atoms with Crippen LogP contribution in [-0.2, 0) is 0 Å². The normalized spacial score (nSPS) is 20.8. The molecule has 3 rings (SSSR count). The van der Waals surface area contributed by atoms with Crippen LogP contribution in [0, 0.1) is 5.92 Å². The average Bonchev–Trinajstić information content (AvgIpc) is 3.10. The first-order valence-electron chi connectivity index (χ1n) is 8.87. The van der Waals surface area contributed by atoms with Crippen molar-refractivity contribution >= 4 is 12.4 Å². The lowest BCUT2D eigenvalue weighted by Gasteiger charge is -2.38. The Morgan fingerprint density at radius 2 is 1.77 bits per heavy atom. The third-order valence-corrected chi connectivity index (χ3v) is 5.10. The van der Waals surface area contributed by atoms with Gasteiger partial charge in [0.05, 0.1) is 0 Å². The van der Waals surface area contributed by atoms with Gasteiger partial charge in [0, 0.05) is 32.2 Å². The Morgan fingerprint density at radius 3 is 2.38 bits per heavy atom. The number of nitrogens with one attached hydrogen (secondary N) is 1. The molecule has 1 heterocycles. The number of rotatable bonds is 6. The Kier molecular flexibility index (Phi) is 7.55. The van der Waals surface area contributed by atoms with Gasteiger partial charge in [0.15, 0.2) is 0 Å². The smallest absolute Gasteiger partial charge is 0.428 e. The van der Waals surface area contributed by atoms with Crippen LogP contribution in [0.3, 0.4) is 0 Å². The zero-order valence-electron chi connectivity index (χ0n) is 14.5. The van der Waals surface area contributed by atoms with Gasteiger partial charge in [0.1, 0.15) is 5.75 Å². The third kappa shape index (κ3) is 5.02. The lowest BCUT2D eigenvalue weighted by Crippen LogP contribution is -2.46. The second-order valence-corrected chi connectivity index (χ2v) is 6.81. The Labute approximate surface area is 157 Å². The molecular formula is C18H25ClF4N2O. The van der Waals surface area contributed by atoms with Crippen molar-refractivity contribution in [2.45, 2.75) is 44.3 Å². The molecule has 0 unspecified atom stereocenters. The quantitative estimate of drug-likeness (QED) is 0.717. The van der Waals surface area contributed by atoms with Crippen LogP contribution in [0.4, 0.5) is 17.6 Å². The van der Waals surface area contributed by atoms with Crippen LogP contribution >= 0.6 is 12.4 Å². The fourth-order valence-corrected chi connectivity index (χ4v) is 3.98. The van der Waals surface area contributed by atoms with Gasteiger partial charge in [-0.1, -0.05) is 25.0 Å². The molecule has 1 saturated carbocycles. The van der Waals surface area contributed by atoms with Crippen molar-refractivity contribution in [1.82, 2.24) is 10.2 Å². The van der Waals surface area contributed by atoms with Crippen molar-refractivity contribution in [2.24, 2.45) is 5.92 Å². The van der Waals surface area contributed by atoms with Crippen LogP contribution < -0.4 is 10.1 Å². The van der Waals surface area contributed by atoms with Gasteiger partial charge in [-0.2, -0.15) is 17.6 Å². The Bertz CT molecular complexity index is 564. The van der Waals surface area contributed by atoms with Crippen molar-refractivity contribution in [3.63, 3.8) is 0 Å². The fourth-order valence-electron chi connectivity index (χ4n) is 3.98. The number of halogens is 5. The van der Waals surface area contributed by atoms with E-state index in [1.165, 1.54) is 25.0 Å². The van der Waals surface area contributed by atoms with Crippen molar-refractivity contribution < 1.29 is 22.3 Å². The summed E-state index contributed by atoms with van der Waals surface area (Å²) in [4.78, 5) is 2.37. The SMILES string of the molecule is Cl.FC(F)C(F)(F)Oc1cccc([C@@H](C2CCCC2)N2CCNCC2)c1. The summed E-state index contributed by atoms with van der Waals surface area (Å²) in [6.07, 6.45) is -3.77. The Balaban J connectivity index is 0.00000243. The summed E-state index contributed by atoms with van der Waals surface area (Å²) < 4.78 is 55.6. The molecule has 26 heavy (non-hydrogen) atoms. The van der Waals surface area contributed by atoms with Gasteiger partial charge in [-0.15, -0.1) is 12.4 Å². The molecule has 148 valence electrons. The molecule has 8 heteroatoms. The molecule has 2 aliphatic rings. The molecule has 0 bridgehead atoms. The molecule has 1 saturated heterocycles. The number of alkyl halides is 4. The van der Waals surface area contributed by atoms with Crippen molar-refractivity contribution in [3.05, 3.63) is 29.8 Å². The maximum atomic E-state index is 13.2. The zero-order valence-corrected chi connectivity index (χ0v) is 15.3. The number of ether oxygens (including phenoxy) is 1. The summed E-state index contributed by atoms with van der Waals surface area (Å²) in [5, 5.41) is 3.32. The first kappa shape index (κ1) is 21.3. The molecule has 0 spiro atoms. The van der Waals surface area contributed by atoms with Gasteiger partial charge in [-0.05, 0) is 36.5 Å². The van der Waals surface area contributed by atoms with E-state index < -0.39 is 12.5 Å². The molecule has 0 amide bonds. The number of nitrogens with zero attached hydrogens (tertiary/aromatic N) is 1. The first-order chi connectivity index (χ1) is 12.0. The Hall–Kier alpha value is -1.05. The van der Waals surface area contributed by atoms with E-state index in [2.05, 4.69) is 15.0 Å². The van der Waals surface area contributed by atoms with Crippen LogP contribution in [-0.4, -0.2) is 43.6 Å². The Morgan fingerprint density at radius 1 is 1.12 bits per heavy atom. The summed E-state index contributed by atoms with van der Waals surface area (Å²) in [5.41, 5.74) is 0.872. The van der Waals surface area contributed by atoms with E-state index >= 15 is 0 Å². The molecule has 2 fully saturated rings. The standard InChI is InChI=1S/C18H24F4N2O.ClH/c19-17(20)18(21,22)25-15-7-3-6-14(12-15)16(13-4-1-2-5-13)24-10-8-23-9-11-24;/h3,6-7,12-13,16-17,23H,1-2,4-5,8-11H2;1H/t16-;/m1./s1. The van der Waals surface area contributed by atoms with Gasteiger partial charge in [0.25, 0.3) is 0 Å². The summed E-state index contributed by atoms with van der Waals surface area (Å²) in [6, 6.07) is 6.42. The van der Waals surface area contributed by atoms with Crippen molar-refractivity contribution in [3.8, 4) is 5.75 Å². The molecule has 0 radical (unpaired) electrons. The fraction of sp³-hybridized carbons (Fsp3) is 0.667. The highest BCUT2D eigenvalue weighted by Crippen LogP contribution is 2.41. The molecule has 1 aliphatic carbocycles. The van der Waals surface area contributed by atoms with Crippen LogP contribution in [0.25, 0.3) is 0 Å².